The van der Waals surface area contributed by atoms with E-state index in [1.54, 1.807) is 6.07 Å². The highest BCUT2D eigenvalue weighted by Crippen LogP contribution is 2.39. The molecule has 0 spiro atoms. The molecule has 3 aromatic heterocycles. The second kappa shape index (κ2) is 13.3. The highest BCUT2D eigenvalue weighted by atomic mass is 16.5. The number of benzene rings is 1. The van der Waals surface area contributed by atoms with Crippen molar-refractivity contribution in [2.75, 3.05) is 25.5 Å². The van der Waals surface area contributed by atoms with Crippen LogP contribution in [0, 0.1) is 5.92 Å². The Morgan fingerprint density at radius 1 is 0.896 bits per heavy atom. The summed E-state index contributed by atoms with van der Waals surface area (Å²) >= 11 is 0. The predicted octanol–water partition coefficient (Wildman–Crippen LogP) is 6.81. The topological polar surface area (TPSA) is 127 Å². The molecule has 4 aromatic rings. The number of hydrogen-bond acceptors (Lipinski definition) is 8. The van der Waals surface area contributed by atoms with Gasteiger partial charge in [0.1, 0.15) is 23.5 Å². The lowest BCUT2D eigenvalue weighted by atomic mass is 9.85. The zero-order valence-corrected chi connectivity index (χ0v) is 29.2. The molecule has 4 heterocycles. The zero-order chi connectivity index (χ0) is 34.2. The fraction of sp³-hybridized carbons (Fsp3) is 0.514. The van der Waals surface area contributed by atoms with Crippen LogP contribution < -0.4 is 15.4 Å². The quantitative estimate of drug-likeness (QED) is 0.209. The summed E-state index contributed by atoms with van der Waals surface area (Å²) in [6.45, 7) is 14.4. The Morgan fingerprint density at radius 2 is 1.62 bits per heavy atom. The second-order valence-corrected chi connectivity index (χ2v) is 15.4. The molecular formula is C37H48N8O3. The number of anilines is 1. The summed E-state index contributed by atoms with van der Waals surface area (Å²) in [5.41, 5.74) is 3.03. The van der Waals surface area contributed by atoms with Crippen LogP contribution in [0.3, 0.4) is 0 Å². The minimum Gasteiger partial charge on any atom is -0.484 e. The molecule has 1 aromatic carbocycles. The molecule has 2 amide bonds. The van der Waals surface area contributed by atoms with Crippen LogP contribution >= 0.6 is 0 Å². The summed E-state index contributed by atoms with van der Waals surface area (Å²) in [6, 6.07) is 13.1. The number of nitrogens with one attached hydrogen (secondary N) is 2. The van der Waals surface area contributed by atoms with Crippen LogP contribution in [0.15, 0.2) is 48.7 Å². The van der Waals surface area contributed by atoms with Gasteiger partial charge in [0.2, 0.25) is 0 Å². The van der Waals surface area contributed by atoms with Crippen LogP contribution in [0.1, 0.15) is 119 Å². The van der Waals surface area contributed by atoms with Gasteiger partial charge in [-0.1, -0.05) is 65.8 Å². The van der Waals surface area contributed by atoms with Crippen molar-refractivity contribution < 1.29 is 14.3 Å². The van der Waals surface area contributed by atoms with Crippen molar-refractivity contribution in [2.24, 2.45) is 5.92 Å². The first kappa shape index (κ1) is 33.5. The molecule has 1 fully saturated rings. The average molecular weight is 653 g/mol. The number of piperidine rings is 1. The van der Waals surface area contributed by atoms with Gasteiger partial charge in [0.05, 0.1) is 17.9 Å². The van der Waals surface area contributed by atoms with Crippen molar-refractivity contribution >= 4 is 23.3 Å². The SMILES string of the molecule is CN1CCC(CC(=O)c2nc(NC(=O)N[C@H]3CC[C@@H](Oc4ccc5nnc(C(C)(C)C)n5c4)c4ccccc43)cc(C(C)(C)C)n2)CC1. The standard InChI is InChI=1S/C37H48N8O3/c1-36(2,3)30-21-31(40-33(39-30)28(46)20-23-16-18-44(7)19-17-23)41-35(47)38-27-13-14-29(26-11-9-8-10-25(26)27)48-24-12-15-32-42-43-34(37(4,5)6)45(32)22-24/h8-12,15,21-23,27,29H,13-14,16-20H2,1-7H3,(H2,38,39,40,41,47)/t27-,29+/m0/s1. The van der Waals surface area contributed by atoms with Crippen molar-refractivity contribution in [3.05, 3.63) is 77.1 Å². The highest BCUT2D eigenvalue weighted by Gasteiger charge is 2.31. The normalized spacial score (nSPS) is 19.1. The van der Waals surface area contributed by atoms with Gasteiger partial charge >= 0.3 is 6.03 Å². The number of Topliss-reactive ketones (excluding diaryl/α,β-unsaturated/α-hetero) is 1. The van der Waals surface area contributed by atoms with Crippen LogP contribution in [0.2, 0.25) is 0 Å². The maximum Gasteiger partial charge on any atom is 0.320 e. The number of aromatic nitrogens is 5. The third kappa shape index (κ3) is 7.51. The lowest BCUT2D eigenvalue weighted by Crippen LogP contribution is -2.36. The summed E-state index contributed by atoms with van der Waals surface area (Å²) in [5.74, 6) is 2.33. The van der Waals surface area contributed by atoms with E-state index >= 15 is 0 Å². The van der Waals surface area contributed by atoms with E-state index < -0.39 is 0 Å². The molecule has 1 saturated heterocycles. The first-order valence-corrected chi connectivity index (χ1v) is 17.0. The van der Waals surface area contributed by atoms with Crippen LogP contribution in [0.5, 0.6) is 5.75 Å². The van der Waals surface area contributed by atoms with Gasteiger partial charge < -0.3 is 15.0 Å². The zero-order valence-electron chi connectivity index (χ0n) is 29.2. The number of nitrogens with zero attached hydrogens (tertiary/aromatic N) is 6. The van der Waals surface area contributed by atoms with E-state index in [0.717, 1.165) is 54.3 Å². The van der Waals surface area contributed by atoms with Gasteiger partial charge in [-0.3, -0.25) is 14.5 Å². The lowest BCUT2D eigenvalue weighted by molar-refractivity contribution is 0.0925. The highest BCUT2D eigenvalue weighted by molar-refractivity contribution is 5.94. The summed E-state index contributed by atoms with van der Waals surface area (Å²) < 4.78 is 8.55. The number of carbonyl (C=O) groups is 2. The number of carbonyl (C=O) groups excluding carboxylic acids is 2. The summed E-state index contributed by atoms with van der Waals surface area (Å²) in [5, 5.41) is 14.8. The van der Waals surface area contributed by atoms with Crippen molar-refractivity contribution in [2.45, 2.75) is 96.6 Å². The van der Waals surface area contributed by atoms with Gasteiger partial charge in [-0.15, -0.1) is 10.2 Å². The molecule has 48 heavy (non-hydrogen) atoms. The minimum absolute atomic E-state index is 0.0792. The second-order valence-electron chi connectivity index (χ2n) is 15.4. The summed E-state index contributed by atoms with van der Waals surface area (Å²) in [4.78, 5) is 38.3. The number of rotatable bonds is 7. The Morgan fingerprint density at radius 3 is 2.33 bits per heavy atom. The van der Waals surface area contributed by atoms with Crippen LogP contribution in [-0.4, -0.2) is 61.4 Å². The van der Waals surface area contributed by atoms with E-state index in [-0.39, 0.29) is 40.6 Å². The molecule has 1 aliphatic heterocycles. The fourth-order valence-electron chi connectivity index (χ4n) is 6.59. The van der Waals surface area contributed by atoms with Gasteiger partial charge in [0.15, 0.2) is 17.3 Å². The van der Waals surface area contributed by atoms with Gasteiger partial charge in [-0.2, -0.15) is 0 Å². The molecule has 0 bridgehead atoms. The first-order chi connectivity index (χ1) is 22.7. The number of fused-ring (bicyclic) bond motifs is 2. The Hall–Kier alpha value is -4.38. The van der Waals surface area contributed by atoms with E-state index in [9.17, 15) is 9.59 Å². The van der Waals surface area contributed by atoms with Gasteiger partial charge in [-0.25, -0.2) is 14.8 Å². The Balaban J connectivity index is 1.16. The molecule has 6 rings (SSSR count). The first-order valence-electron chi connectivity index (χ1n) is 17.0. The molecule has 0 unspecified atom stereocenters. The maximum atomic E-state index is 13.4. The number of ether oxygens (including phenoxy) is 1. The van der Waals surface area contributed by atoms with E-state index in [1.165, 1.54) is 0 Å². The van der Waals surface area contributed by atoms with Gasteiger partial charge in [0, 0.05) is 23.3 Å². The third-order valence-corrected chi connectivity index (χ3v) is 9.36. The van der Waals surface area contributed by atoms with Crippen LogP contribution in [0.25, 0.3) is 5.65 Å². The lowest BCUT2D eigenvalue weighted by Gasteiger charge is -2.32. The van der Waals surface area contributed by atoms with Crippen molar-refractivity contribution in [3.63, 3.8) is 0 Å². The minimum atomic E-state index is -0.380. The van der Waals surface area contributed by atoms with Crippen LogP contribution in [0.4, 0.5) is 10.6 Å². The molecule has 0 saturated carbocycles. The molecule has 11 heteroatoms. The molecule has 254 valence electrons. The number of urea groups is 1. The Bertz CT molecular complexity index is 1800. The largest absolute Gasteiger partial charge is 0.484 e. The monoisotopic (exact) mass is 652 g/mol. The fourth-order valence-corrected chi connectivity index (χ4v) is 6.59. The van der Waals surface area contributed by atoms with Crippen molar-refractivity contribution in [1.29, 1.82) is 0 Å². The smallest absolute Gasteiger partial charge is 0.320 e. The average Bonchev–Trinajstić information content (AvgIpc) is 3.47. The van der Waals surface area contributed by atoms with Crippen molar-refractivity contribution in [3.8, 4) is 5.75 Å². The van der Waals surface area contributed by atoms with Crippen LogP contribution in [-0.2, 0) is 10.8 Å². The molecule has 2 aliphatic rings. The third-order valence-electron chi connectivity index (χ3n) is 9.36. The summed E-state index contributed by atoms with van der Waals surface area (Å²) in [7, 11) is 2.11. The Kier molecular flexibility index (Phi) is 9.26. The molecule has 11 nitrogen and oxygen atoms in total. The maximum absolute atomic E-state index is 13.4. The number of hydrogen-bond donors (Lipinski definition) is 2. The van der Waals surface area contributed by atoms with Crippen molar-refractivity contribution in [1.82, 2.24) is 34.8 Å². The van der Waals surface area contributed by atoms with Gasteiger partial charge in [-0.05, 0) is 75.0 Å². The van der Waals surface area contributed by atoms with E-state index in [2.05, 4.69) is 69.6 Å². The molecule has 1 aliphatic carbocycles. The molecule has 2 N–H and O–H groups in total. The number of ketones is 1. The molecular weight excluding hydrogens is 604 g/mol. The summed E-state index contributed by atoms with van der Waals surface area (Å²) in [6.07, 6.45) is 5.57. The Labute approximate surface area is 282 Å². The number of amides is 2. The molecule has 2 atom stereocenters. The van der Waals surface area contributed by atoms with E-state index in [1.807, 2.05) is 61.7 Å². The number of likely N-dealkylation sites (tertiary alicyclic amines) is 1. The molecule has 0 radical (unpaired) electrons. The van der Waals surface area contributed by atoms with E-state index in [0.29, 0.717) is 36.7 Å². The predicted molar refractivity (Wildman–Crippen MR) is 186 cm³/mol. The number of pyridine rings is 1. The van der Waals surface area contributed by atoms with E-state index in [4.69, 9.17) is 4.74 Å². The van der Waals surface area contributed by atoms with Gasteiger partial charge in [0.25, 0.3) is 0 Å².